The van der Waals surface area contributed by atoms with E-state index in [2.05, 4.69) is 136 Å². The first-order chi connectivity index (χ1) is 27.7. The van der Waals surface area contributed by atoms with Crippen LogP contribution in [0.1, 0.15) is 76.6 Å². The molecule has 8 aromatic rings. The first kappa shape index (κ1) is 39.3. The number of hydrogen-bond acceptors (Lipinski definition) is 3. The van der Waals surface area contributed by atoms with Crippen LogP contribution >= 0.6 is 0 Å². The number of aromatic nitrogens is 3. The monoisotopic (exact) mass is 940 g/mol. The largest absolute Gasteiger partial charge is 0.507 e. The van der Waals surface area contributed by atoms with Gasteiger partial charge in [0.15, 0.2) is 0 Å². The quantitative estimate of drug-likeness (QED) is 0.154. The van der Waals surface area contributed by atoms with Crippen molar-refractivity contribution in [2.24, 2.45) is 0 Å². The summed E-state index contributed by atoms with van der Waals surface area (Å²) in [6.45, 7) is 16.7. The van der Waals surface area contributed by atoms with Crippen molar-refractivity contribution >= 4 is 11.0 Å². The van der Waals surface area contributed by atoms with E-state index in [1.165, 1.54) is 16.7 Å². The molecule has 0 bridgehead atoms. The molecule has 0 atom stereocenters. The summed E-state index contributed by atoms with van der Waals surface area (Å²) in [4.78, 5) is 10.3. The third-order valence-corrected chi connectivity index (χ3v) is 11.0. The number of phenolic OH excluding ortho intramolecular Hbond substituents is 1. The average Bonchev–Trinajstić information content (AvgIpc) is 3.61. The van der Waals surface area contributed by atoms with Crippen molar-refractivity contribution in [3.8, 4) is 67.5 Å². The SMILES string of the molecule is [2H]C(C)(C)c1ccc(-c2ccnc(-c3[c-]c(-c4cccc5c4nc(-c4cc(C)cc(C)c4O)n5-c4ccc(-c5ccccc5)c(CC)c4)cc(C(C)(C)C)c3)c2)cc1.[Pt]. The van der Waals surface area contributed by atoms with Crippen LogP contribution in [0.25, 0.3) is 72.7 Å². The molecule has 2 heterocycles. The van der Waals surface area contributed by atoms with Gasteiger partial charge in [-0.15, -0.1) is 29.3 Å². The molecule has 1 N–H and O–H groups in total. The number of para-hydroxylation sites is 1. The van der Waals surface area contributed by atoms with E-state index in [0.717, 1.165) is 78.9 Å². The Labute approximate surface area is 359 Å². The summed E-state index contributed by atoms with van der Waals surface area (Å²) < 4.78 is 10.7. The van der Waals surface area contributed by atoms with Crippen molar-refractivity contribution in [1.82, 2.24) is 14.5 Å². The minimum absolute atomic E-state index is 0. The summed E-state index contributed by atoms with van der Waals surface area (Å²) in [6, 6.07) is 48.2. The first-order valence-electron chi connectivity index (χ1n) is 20.4. The van der Waals surface area contributed by atoms with Gasteiger partial charge in [0.1, 0.15) is 11.6 Å². The number of aryl methyl sites for hydroxylation is 3. The molecule has 0 aliphatic carbocycles. The molecular formula is C53H50N3OPt-. The van der Waals surface area contributed by atoms with Crippen molar-refractivity contribution in [3.63, 3.8) is 0 Å². The zero-order chi connectivity index (χ0) is 40.9. The van der Waals surface area contributed by atoms with Gasteiger partial charge in [-0.3, -0.25) is 9.55 Å². The summed E-state index contributed by atoms with van der Waals surface area (Å²) >= 11 is 0. The summed E-state index contributed by atoms with van der Waals surface area (Å²) in [6.07, 6.45) is 2.73. The molecule has 2 aromatic heterocycles. The minimum atomic E-state index is -0.662. The molecule has 8 rings (SSSR count). The van der Waals surface area contributed by atoms with Crippen LogP contribution in [0.15, 0.2) is 134 Å². The van der Waals surface area contributed by atoms with Gasteiger partial charge >= 0.3 is 0 Å². The predicted octanol–water partition coefficient (Wildman–Crippen LogP) is 13.9. The third kappa shape index (κ3) is 7.83. The van der Waals surface area contributed by atoms with Crippen LogP contribution in [0.5, 0.6) is 5.75 Å². The molecule has 58 heavy (non-hydrogen) atoms. The Morgan fingerprint density at radius 1 is 0.741 bits per heavy atom. The second-order valence-electron chi connectivity index (χ2n) is 16.4. The summed E-state index contributed by atoms with van der Waals surface area (Å²) in [5.74, 6) is 0.251. The van der Waals surface area contributed by atoms with Crippen molar-refractivity contribution < 1.29 is 27.5 Å². The summed E-state index contributed by atoms with van der Waals surface area (Å²) in [5, 5.41) is 11.6. The Bertz CT molecular complexity index is 2810. The van der Waals surface area contributed by atoms with Crippen molar-refractivity contribution in [2.75, 3.05) is 0 Å². The second kappa shape index (κ2) is 16.4. The molecule has 4 nitrogen and oxygen atoms in total. The van der Waals surface area contributed by atoms with Crippen LogP contribution < -0.4 is 0 Å². The molecule has 294 valence electrons. The van der Waals surface area contributed by atoms with E-state index in [4.69, 9.17) is 11.3 Å². The van der Waals surface area contributed by atoms with Crippen LogP contribution in [-0.4, -0.2) is 19.6 Å². The number of rotatable bonds is 8. The molecule has 0 saturated carbocycles. The maximum Gasteiger partial charge on any atom is 0.148 e. The number of aromatic hydroxyl groups is 1. The van der Waals surface area contributed by atoms with Crippen LogP contribution in [-0.2, 0) is 32.9 Å². The minimum Gasteiger partial charge on any atom is -0.507 e. The Hall–Kier alpha value is -5.57. The van der Waals surface area contributed by atoms with Gasteiger partial charge in [0.2, 0.25) is 0 Å². The Balaban J connectivity index is 0.00000528. The van der Waals surface area contributed by atoms with E-state index < -0.39 is 5.89 Å². The van der Waals surface area contributed by atoms with Gasteiger partial charge in [-0.2, -0.15) is 0 Å². The number of hydrogen-bond donors (Lipinski definition) is 1. The summed E-state index contributed by atoms with van der Waals surface area (Å²) in [7, 11) is 0. The number of fused-ring (bicyclic) bond motifs is 1. The molecule has 0 aliphatic rings. The van der Waals surface area contributed by atoms with Crippen LogP contribution in [0.2, 0.25) is 0 Å². The van der Waals surface area contributed by atoms with E-state index in [-0.39, 0.29) is 32.2 Å². The van der Waals surface area contributed by atoms with E-state index in [1.54, 1.807) is 0 Å². The Morgan fingerprint density at radius 3 is 2.19 bits per heavy atom. The van der Waals surface area contributed by atoms with Gasteiger partial charge < -0.3 is 5.11 Å². The second-order valence-corrected chi connectivity index (χ2v) is 16.4. The number of benzene rings is 6. The van der Waals surface area contributed by atoms with Gasteiger partial charge in [0.05, 0.1) is 16.6 Å². The molecule has 6 aromatic carbocycles. The van der Waals surface area contributed by atoms with Gasteiger partial charge in [0, 0.05) is 40.0 Å². The standard InChI is InChI=1S/C53H50N3O.Pt/c1-9-36-31-44(22-23-45(36)39-14-11-10-12-15-39)56-49-17-13-16-46(50(49)55-52(56)47-27-34(4)26-35(5)51(47)57)41-28-42(30-43(29-41)53(6,7)8)48-32-40(24-25-54-48)38-20-18-37(19-21-38)33(2)3;/h10-27,29-33,57H,9H2,1-8H3;/q-1;/i33D;. The normalized spacial score (nSPS) is 12.0. The van der Waals surface area contributed by atoms with Gasteiger partial charge in [-0.05, 0) is 106 Å². The number of pyridine rings is 1. The fourth-order valence-electron chi connectivity index (χ4n) is 7.84. The van der Waals surface area contributed by atoms with E-state index in [0.29, 0.717) is 11.4 Å². The molecule has 0 unspecified atom stereocenters. The van der Waals surface area contributed by atoms with Gasteiger partial charge in [-0.1, -0.05) is 138 Å². The number of nitrogens with zero attached hydrogens (tertiary/aromatic N) is 3. The van der Waals surface area contributed by atoms with Crippen LogP contribution in [0.3, 0.4) is 0 Å². The zero-order valence-electron chi connectivity index (χ0n) is 35.5. The third-order valence-electron chi connectivity index (χ3n) is 11.0. The fourth-order valence-corrected chi connectivity index (χ4v) is 7.84. The Kier molecular flexibility index (Phi) is 11.1. The molecule has 0 fully saturated rings. The van der Waals surface area contributed by atoms with Crippen molar-refractivity contribution in [1.29, 1.82) is 0 Å². The number of imidazole rings is 1. The molecule has 0 amide bonds. The van der Waals surface area contributed by atoms with Crippen molar-refractivity contribution in [3.05, 3.63) is 167 Å². The molecule has 0 saturated heterocycles. The van der Waals surface area contributed by atoms with Crippen molar-refractivity contribution in [2.45, 2.75) is 73.1 Å². The van der Waals surface area contributed by atoms with Gasteiger partial charge in [-0.25, -0.2) is 4.98 Å². The topological polar surface area (TPSA) is 50.9 Å². The molecular weight excluding hydrogens is 890 g/mol. The van der Waals surface area contributed by atoms with Crippen LogP contribution in [0.4, 0.5) is 0 Å². The Morgan fingerprint density at radius 2 is 1.48 bits per heavy atom. The van der Waals surface area contributed by atoms with E-state index in [9.17, 15) is 5.11 Å². The van der Waals surface area contributed by atoms with E-state index in [1.807, 2.05) is 63.4 Å². The molecule has 0 spiro atoms. The number of phenols is 1. The fraction of sp³-hybridized carbons (Fsp3) is 0.208. The first-order valence-corrected chi connectivity index (χ1v) is 19.9. The summed E-state index contributed by atoms with van der Waals surface area (Å²) in [5.41, 5.74) is 16.7. The molecule has 5 heteroatoms. The average molecular weight is 941 g/mol. The van der Waals surface area contributed by atoms with Crippen LogP contribution in [0, 0.1) is 19.9 Å². The molecule has 0 radical (unpaired) electrons. The maximum absolute atomic E-state index is 11.6. The van der Waals surface area contributed by atoms with E-state index >= 15 is 0 Å². The smallest absolute Gasteiger partial charge is 0.148 e. The zero-order valence-corrected chi connectivity index (χ0v) is 36.8. The maximum atomic E-state index is 11.6. The van der Waals surface area contributed by atoms with Gasteiger partial charge in [0.25, 0.3) is 0 Å². The molecule has 0 aliphatic heterocycles. The predicted molar refractivity (Wildman–Crippen MR) is 238 cm³/mol.